The molecule has 3 saturated carbocycles. The molecule has 1 aromatic carbocycles. The Labute approximate surface area is 243 Å². The Balaban J connectivity index is 1.18. The first-order valence-corrected chi connectivity index (χ1v) is 15.2. The van der Waals surface area contributed by atoms with E-state index in [1.165, 1.54) is 5.56 Å². The van der Waals surface area contributed by atoms with Gasteiger partial charge in [0.25, 0.3) is 0 Å². The second kappa shape index (κ2) is 11.3. The summed E-state index contributed by atoms with van der Waals surface area (Å²) in [6.07, 6.45) is 6.68. The van der Waals surface area contributed by atoms with E-state index in [4.69, 9.17) is 19.0 Å². The number of alkyl carbamates (subject to hydrolysis) is 1. The first-order chi connectivity index (χ1) is 19.3. The summed E-state index contributed by atoms with van der Waals surface area (Å²) < 4.78 is 17.0. The van der Waals surface area contributed by atoms with Gasteiger partial charge in [-0.05, 0) is 98.0 Å². The van der Waals surface area contributed by atoms with E-state index in [9.17, 15) is 9.59 Å². The average Bonchev–Trinajstić information content (AvgIpc) is 3.79. The molecule has 2 amide bonds. The fraction of sp³-hybridized carbons (Fsp3) is 0.688. The highest BCUT2D eigenvalue weighted by molar-refractivity contribution is 5.70. The Morgan fingerprint density at radius 3 is 2.27 bits per heavy atom. The molecule has 1 unspecified atom stereocenters. The SMILES string of the molecule is CC(C)(C)OC(=O)NC1CCC(Cc2nc(C3(CN(C(=O)OC(C)(C)C)[C@H]4CC4c4ccccc4)CC3)no2)CC1. The third kappa shape index (κ3) is 7.80. The fourth-order valence-corrected chi connectivity index (χ4v) is 5.94. The number of hydrogen-bond acceptors (Lipinski definition) is 7. The topological polar surface area (TPSA) is 107 Å². The first kappa shape index (κ1) is 29.4. The molecule has 9 nitrogen and oxygen atoms in total. The first-order valence-electron chi connectivity index (χ1n) is 15.2. The van der Waals surface area contributed by atoms with E-state index in [1.807, 2.05) is 52.5 Å². The molecule has 1 N–H and O–H groups in total. The predicted molar refractivity (Wildman–Crippen MR) is 155 cm³/mol. The molecule has 0 bridgehead atoms. The maximum atomic E-state index is 13.4. The molecule has 5 rings (SSSR count). The molecular formula is C32H46N4O5. The van der Waals surface area contributed by atoms with Crippen LogP contribution in [0.15, 0.2) is 34.9 Å². The zero-order chi connectivity index (χ0) is 29.4. The standard InChI is InChI=1S/C32H46N4O5/c1-30(2,3)39-28(37)33-23-14-12-21(13-15-23)18-26-34-27(35-41-26)32(16-17-32)20-36(29(38)40-31(4,5)6)25-19-24(25)22-10-8-7-9-11-22/h7-11,21,23-25H,12-20H2,1-6H3,(H,33,37)/t21?,23?,24?,25-/m0/s1. The van der Waals surface area contributed by atoms with Crippen molar-refractivity contribution in [3.63, 3.8) is 0 Å². The molecule has 3 aliphatic carbocycles. The van der Waals surface area contributed by atoms with Gasteiger partial charge in [-0.2, -0.15) is 4.98 Å². The lowest BCUT2D eigenvalue weighted by atomic mass is 9.84. The quantitative estimate of drug-likeness (QED) is 0.388. The van der Waals surface area contributed by atoms with Crippen LogP contribution < -0.4 is 5.32 Å². The highest BCUT2D eigenvalue weighted by atomic mass is 16.6. The van der Waals surface area contributed by atoms with Crippen LogP contribution in [0.3, 0.4) is 0 Å². The molecular weight excluding hydrogens is 520 g/mol. The summed E-state index contributed by atoms with van der Waals surface area (Å²) in [6.45, 7) is 11.9. The van der Waals surface area contributed by atoms with Crippen LogP contribution in [0.25, 0.3) is 0 Å². The fourth-order valence-electron chi connectivity index (χ4n) is 5.94. The molecule has 2 atom stereocenters. The van der Waals surface area contributed by atoms with Crippen LogP contribution in [0.4, 0.5) is 9.59 Å². The lowest BCUT2D eigenvalue weighted by Gasteiger charge is -2.30. The summed E-state index contributed by atoms with van der Waals surface area (Å²) in [5.74, 6) is 2.12. The molecule has 3 aliphatic rings. The number of carbonyl (C=O) groups is 2. The van der Waals surface area contributed by atoms with Crippen molar-refractivity contribution in [3.05, 3.63) is 47.6 Å². The smallest absolute Gasteiger partial charge is 0.410 e. The second-order valence-electron chi connectivity index (χ2n) is 14.3. The van der Waals surface area contributed by atoms with E-state index < -0.39 is 11.2 Å². The molecule has 224 valence electrons. The molecule has 0 aliphatic heterocycles. The summed E-state index contributed by atoms with van der Waals surface area (Å²) in [5, 5.41) is 7.42. The van der Waals surface area contributed by atoms with Crippen LogP contribution in [0.2, 0.25) is 0 Å². The summed E-state index contributed by atoms with van der Waals surface area (Å²) in [4.78, 5) is 32.3. The van der Waals surface area contributed by atoms with E-state index in [2.05, 4.69) is 34.7 Å². The van der Waals surface area contributed by atoms with Crippen LogP contribution in [-0.4, -0.2) is 57.1 Å². The largest absolute Gasteiger partial charge is 0.444 e. The maximum Gasteiger partial charge on any atom is 0.410 e. The number of nitrogens with zero attached hydrogens (tertiary/aromatic N) is 3. The molecule has 3 fully saturated rings. The number of ether oxygens (including phenoxy) is 2. The number of rotatable bonds is 8. The van der Waals surface area contributed by atoms with Crippen LogP contribution in [0, 0.1) is 5.92 Å². The Morgan fingerprint density at radius 1 is 1.00 bits per heavy atom. The zero-order valence-electron chi connectivity index (χ0n) is 25.4. The minimum Gasteiger partial charge on any atom is -0.444 e. The van der Waals surface area contributed by atoms with Gasteiger partial charge in [0.2, 0.25) is 5.89 Å². The number of nitrogens with one attached hydrogen (secondary N) is 1. The number of carbonyl (C=O) groups excluding carboxylic acids is 2. The monoisotopic (exact) mass is 566 g/mol. The van der Waals surface area contributed by atoms with Gasteiger partial charge in [0.15, 0.2) is 5.82 Å². The highest BCUT2D eigenvalue weighted by Gasteiger charge is 2.55. The van der Waals surface area contributed by atoms with Gasteiger partial charge < -0.3 is 24.2 Å². The zero-order valence-corrected chi connectivity index (χ0v) is 25.4. The van der Waals surface area contributed by atoms with Crippen molar-refractivity contribution in [3.8, 4) is 0 Å². The summed E-state index contributed by atoms with van der Waals surface area (Å²) in [6, 6.07) is 10.6. The van der Waals surface area contributed by atoms with Gasteiger partial charge in [0.05, 0.1) is 5.41 Å². The number of hydrogen-bond donors (Lipinski definition) is 1. The molecule has 2 aromatic rings. The summed E-state index contributed by atoms with van der Waals surface area (Å²) in [7, 11) is 0. The van der Waals surface area contributed by atoms with Gasteiger partial charge in [-0.15, -0.1) is 0 Å². The number of amides is 2. The lowest BCUT2D eigenvalue weighted by Crippen LogP contribution is -2.43. The van der Waals surface area contributed by atoms with Gasteiger partial charge in [-0.1, -0.05) is 35.5 Å². The van der Waals surface area contributed by atoms with E-state index in [0.29, 0.717) is 30.1 Å². The summed E-state index contributed by atoms with van der Waals surface area (Å²) >= 11 is 0. The molecule has 0 radical (unpaired) electrons. The second-order valence-corrected chi connectivity index (χ2v) is 14.3. The third-order valence-corrected chi connectivity index (χ3v) is 8.31. The van der Waals surface area contributed by atoms with Crippen molar-refractivity contribution >= 4 is 12.2 Å². The molecule has 1 aromatic heterocycles. The molecule has 9 heteroatoms. The molecule has 41 heavy (non-hydrogen) atoms. The normalized spacial score (nSPS) is 25.2. The van der Waals surface area contributed by atoms with Gasteiger partial charge in [0.1, 0.15) is 11.2 Å². The van der Waals surface area contributed by atoms with Gasteiger partial charge in [-0.3, -0.25) is 0 Å². The van der Waals surface area contributed by atoms with Crippen LogP contribution >= 0.6 is 0 Å². The molecule has 1 heterocycles. The van der Waals surface area contributed by atoms with Crippen molar-refractivity contribution in [1.29, 1.82) is 0 Å². The van der Waals surface area contributed by atoms with Crippen molar-refractivity contribution in [2.24, 2.45) is 5.92 Å². The van der Waals surface area contributed by atoms with Gasteiger partial charge in [-0.25, -0.2) is 9.59 Å². The third-order valence-electron chi connectivity index (χ3n) is 8.31. The number of benzene rings is 1. The van der Waals surface area contributed by atoms with Gasteiger partial charge >= 0.3 is 12.2 Å². The van der Waals surface area contributed by atoms with Gasteiger partial charge in [0, 0.05) is 31.0 Å². The van der Waals surface area contributed by atoms with Crippen LogP contribution in [0.1, 0.15) is 110 Å². The van der Waals surface area contributed by atoms with Crippen molar-refractivity contribution in [2.45, 2.75) is 128 Å². The number of aromatic nitrogens is 2. The predicted octanol–water partition coefficient (Wildman–Crippen LogP) is 6.52. The molecule has 0 spiro atoms. The Bertz CT molecular complexity index is 1200. The van der Waals surface area contributed by atoms with Crippen molar-refractivity contribution in [1.82, 2.24) is 20.4 Å². The minimum atomic E-state index is -0.566. The lowest BCUT2D eigenvalue weighted by molar-refractivity contribution is 0.0208. The van der Waals surface area contributed by atoms with Crippen molar-refractivity contribution in [2.75, 3.05) is 6.54 Å². The van der Waals surface area contributed by atoms with Crippen LogP contribution in [0.5, 0.6) is 0 Å². The summed E-state index contributed by atoms with van der Waals surface area (Å²) in [5.41, 5.74) is -0.0857. The molecule has 0 saturated heterocycles. The van der Waals surface area contributed by atoms with E-state index in [1.54, 1.807) is 0 Å². The Hall–Kier alpha value is -3.10. The Morgan fingerprint density at radius 2 is 1.66 bits per heavy atom. The van der Waals surface area contributed by atoms with E-state index in [-0.39, 0.29) is 29.7 Å². The van der Waals surface area contributed by atoms with Crippen LogP contribution in [-0.2, 0) is 21.3 Å². The van der Waals surface area contributed by atoms with E-state index in [0.717, 1.165) is 51.4 Å². The minimum absolute atomic E-state index is 0.112. The highest BCUT2D eigenvalue weighted by Crippen LogP contribution is 2.52. The van der Waals surface area contributed by atoms with E-state index >= 15 is 0 Å². The average molecular weight is 567 g/mol. The van der Waals surface area contributed by atoms with Crippen molar-refractivity contribution < 1.29 is 23.6 Å². The Kier molecular flexibility index (Phi) is 8.09. The maximum absolute atomic E-state index is 13.4.